The Bertz CT molecular complexity index is 703. The van der Waals surface area contributed by atoms with Crippen LogP contribution in [0.15, 0.2) is 24.3 Å². The second-order valence-corrected chi connectivity index (χ2v) is 7.77. The van der Waals surface area contributed by atoms with E-state index in [0.717, 1.165) is 10.5 Å². The van der Waals surface area contributed by atoms with Gasteiger partial charge in [-0.05, 0) is 29.5 Å². The van der Waals surface area contributed by atoms with Gasteiger partial charge in [-0.1, -0.05) is 32.9 Å². The van der Waals surface area contributed by atoms with Crippen LogP contribution in [0.1, 0.15) is 38.3 Å². The first-order chi connectivity index (χ1) is 12.1. The van der Waals surface area contributed by atoms with E-state index in [-0.39, 0.29) is 13.0 Å². The van der Waals surface area contributed by atoms with Crippen LogP contribution in [0.25, 0.3) is 0 Å². The summed E-state index contributed by atoms with van der Waals surface area (Å²) >= 11 is 0. The van der Waals surface area contributed by atoms with E-state index in [9.17, 15) is 14.7 Å². The zero-order valence-electron chi connectivity index (χ0n) is 15.4. The number of nitrogens with zero attached hydrogens (tertiary/aromatic N) is 2. The molecular formula is C19H26N4O3. The second-order valence-electron chi connectivity index (χ2n) is 7.77. The number of aliphatic hydroxyl groups is 1. The molecule has 2 amide bonds. The summed E-state index contributed by atoms with van der Waals surface area (Å²) in [7, 11) is 0. The molecule has 7 heteroatoms. The van der Waals surface area contributed by atoms with Crippen LogP contribution in [0.4, 0.5) is 0 Å². The number of imide groups is 1. The number of rotatable bonds is 4. The number of amides is 2. The number of nitrogens with two attached hydrogens (primary N) is 1. The van der Waals surface area contributed by atoms with E-state index >= 15 is 0 Å². The molecule has 0 unspecified atom stereocenters. The Hall–Kier alpha value is -2.27. The second kappa shape index (κ2) is 7.96. The van der Waals surface area contributed by atoms with Crippen LogP contribution in [0.2, 0.25) is 0 Å². The van der Waals surface area contributed by atoms with Crippen molar-refractivity contribution < 1.29 is 14.7 Å². The lowest BCUT2D eigenvalue weighted by atomic mass is 9.86. The number of benzene rings is 1. The summed E-state index contributed by atoms with van der Waals surface area (Å²) in [5.41, 5.74) is 6.84. The van der Waals surface area contributed by atoms with Crippen molar-refractivity contribution in [3.05, 3.63) is 35.4 Å². The molecule has 1 aliphatic rings. The molecular weight excluding hydrogens is 332 g/mol. The van der Waals surface area contributed by atoms with Gasteiger partial charge in [-0.15, -0.1) is 0 Å². The SMILES string of the molecule is CC(C)(C)[C@H](N)C(=O)N(Cc1ccc(C#N)cc1)C(=O)[C@@H]1C[C@@H](O)CN1. The van der Waals surface area contributed by atoms with Crippen molar-refractivity contribution in [3.63, 3.8) is 0 Å². The predicted molar refractivity (Wildman–Crippen MR) is 96.6 cm³/mol. The summed E-state index contributed by atoms with van der Waals surface area (Å²) < 4.78 is 0. The Morgan fingerprint density at radius 3 is 2.46 bits per heavy atom. The van der Waals surface area contributed by atoms with Crippen molar-refractivity contribution in [2.24, 2.45) is 11.1 Å². The van der Waals surface area contributed by atoms with Gasteiger partial charge in [-0.25, -0.2) is 0 Å². The third-order valence-corrected chi connectivity index (χ3v) is 4.56. The van der Waals surface area contributed by atoms with Crippen LogP contribution in [0.5, 0.6) is 0 Å². The first-order valence-electron chi connectivity index (χ1n) is 8.64. The lowest BCUT2D eigenvalue weighted by Gasteiger charge is -2.32. The van der Waals surface area contributed by atoms with E-state index in [0.29, 0.717) is 12.1 Å². The normalized spacial score (nSPS) is 21.1. The van der Waals surface area contributed by atoms with Gasteiger partial charge in [-0.3, -0.25) is 14.5 Å². The van der Waals surface area contributed by atoms with Crippen LogP contribution in [0, 0.1) is 16.7 Å². The van der Waals surface area contributed by atoms with Crippen molar-refractivity contribution in [3.8, 4) is 6.07 Å². The smallest absolute Gasteiger partial charge is 0.246 e. The molecule has 0 bridgehead atoms. The van der Waals surface area contributed by atoms with E-state index in [2.05, 4.69) is 5.32 Å². The number of nitriles is 1. The Kier molecular flexibility index (Phi) is 6.13. The Balaban J connectivity index is 2.26. The van der Waals surface area contributed by atoms with Gasteiger partial charge in [0.25, 0.3) is 0 Å². The lowest BCUT2D eigenvalue weighted by molar-refractivity contribution is -0.149. The number of carbonyl (C=O) groups is 2. The van der Waals surface area contributed by atoms with Crippen LogP contribution in [0.3, 0.4) is 0 Å². The summed E-state index contributed by atoms with van der Waals surface area (Å²) in [5, 5.41) is 21.5. The maximum absolute atomic E-state index is 12.9. The Labute approximate surface area is 153 Å². The van der Waals surface area contributed by atoms with Crippen molar-refractivity contribution >= 4 is 11.8 Å². The van der Waals surface area contributed by atoms with Gasteiger partial charge in [0, 0.05) is 6.54 Å². The highest BCUT2D eigenvalue weighted by Crippen LogP contribution is 2.22. The third kappa shape index (κ3) is 4.67. The topological polar surface area (TPSA) is 119 Å². The standard InChI is InChI=1S/C19H26N4O3/c1-19(2,3)16(21)18(26)23(17(25)15-8-14(24)10-22-15)11-13-6-4-12(9-20)5-7-13/h4-7,14-16,22,24H,8,10-11,21H2,1-3H3/t14-,15+,16-/m1/s1. The van der Waals surface area contributed by atoms with Crippen LogP contribution >= 0.6 is 0 Å². The van der Waals surface area contributed by atoms with Gasteiger partial charge in [0.05, 0.1) is 36.4 Å². The molecule has 0 spiro atoms. The van der Waals surface area contributed by atoms with Gasteiger partial charge in [0.2, 0.25) is 11.8 Å². The molecule has 0 saturated carbocycles. The number of aliphatic hydroxyl groups excluding tert-OH is 1. The quantitative estimate of drug-likeness (QED) is 0.721. The molecule has 1 aliphatic heterocycles. The summed E-state index contributed by atoms with van der Waals surface area (Å²) in [5.74, 6) is -0.842. The molecule has 26 heavy (non-hydrogen) atoms. The first kappa shape index (κ1) is 20.0. The molecule has 7 nitrogen and oxygen atoms in total. The number of hydrogen-bond acceptors (Lipinski definition) is 6. The van der Waals surface area contributed by atoms with Crippen molar-refractivity contribution in [2.75, 3.05) is 6.54 Å². The third-order valence-electron chi connectivity index (χ3n) is 4.56. The predicted octanol–water partition coefficient (Wildman–Crippen LogP) is 0.510. The van der Waals surface area contributed by atoms with E-state index in [1.165, 1.54) is 0 Å². The van der Waals surface area contributed by atoms with Crippen LogP contribution in [-0.2, 0) is 16.1 Å². The number of carbonyl (C=O) groups excluding carboxylic acids is 2. The fourth-order valence-corrected chi connectivity index (χ4v) is 2.76. The largest absolute Gasteiger partial charge is 0.392 e. The number of nitrogens with one attached hydrogen (secondary N) is 1. The molecule has 2 rings (SSSR count). The fourth-order valence-electron chi connectivity index (χ4n) is 2.76. The summed E-state index contributed by atoms with van der Waals surface area (Å²) in [6.07, 6.45) is -0.340. The van der Waals surface area contributed by atoms with Crippen molar-refractivity contribution in [1.82, 2.24) is 10.2 Å². The zero-order valence-corrected chi connectivity index (χ0v) is 15.4. The fraction of sp³-hybridized carbons (Fsp3) is 0.526. The van der Waals surface area contributed by atoms with Crippen molar-refractivity contribution in [2.45, 2.75) is 51.9 Å². The van der Waals surface area contributed by atoms with E-state index in [1.54, 1.807) is 24.3 Å². The van der Waals surface area contributed by atoms with Gasteiger partial charge >= 0.3 is 0 Å². The molecule has 4 N–H and O–H groups in total. The van der Waals surface area contributed by atoms with Gasteiger partial charge < -0.3 is 16.2 Å². The van der Waals surface area contributed by atoms with E-state index in [1.807, 2.05) is 26.8 Å². The minimum Gasteiger partial charge on any atom is -0.392 e. The Morgan fingerprint density at radius 1 is 1.38 bits per heavy atom. The minimum atomic E-state index is -0.837. The average molecular weight is 358 g/mol. The highest BCUT2D eigenvalue weighted by molar-refractivity contribution is 6.00. The minimum absolute atomic E-state index is 0.0709. The van der Waals surface area contributed by atoms with E-state index < -0.39 is 35.4 Å². The summed E-state index contributed by atoms with van der Waals surface area (Å²) in [6.45, 7) is 5.93. The maximum Gasteiger partial charge on any atom is 0.246 e. The maximum atomic E-state index is 12.9. The lowest BCUT2D eigenvalue weighted by Crippen LogP contribution is -2.55. The molecule has 1 fully saturated rings. The summed E-state index contributed by atoms with van der Waals surface area (Å²) in [4.78, 5) is 27.0. The number of hydrogen-bond donors (Lipinski definition) is 3. The summed E-state index contributed by atoms with van der Waals surface area (Å²) in [6, 6.07) is 7.30. The molecule has 0 aromatic heterocycles. The van der Waals surface area contributed by atoms with Crippen molar-refractivity contribution in [1.29, 1.82) is 5.26 Å². The molecule has 1 saturated heterocycles. The molecule has 1 aromatic rings. The molecule has 0 aliphatic carbocycles. The van der Waals surface area contributed by atoms with Gasteiger partial charge in [0.15, 0.2) is 0 Å². The molecule has 0 radical (unpaired) electrons. The Morgan fingerprint density at radius 2 is 2.00 bits per heavy atom. The number of β-amino-alcohol motifs (C(OH)–C–C–N with tert-alkyl or cyclic N) is 1. The van der Waals surface area contributed by atoms with Gasteiger partial charge in [0.1, 0.15) is 0 Å². The first-order valence-corrected chi connectivity index (χ1v) is 8.64. The highest BCUT2D eigenvalue weighted by Gasteiger charge is 2.38. The monoisotopic (exact) mass is 358 g/mol. The zero-order chi connectivity index (χ0) is 19.5. The highest BCUT2D eigenvalue weighted by atomic mass is 16.3. The average Bonchev–Trinajstić information content (AvgIpc) is 3.04. The molecule has 3 atom stereocenters. The van der Waals surface area contributed by atoms with Crippen LogP contribution < -0.4 is 11.1 Å². The molecule has 140 valence electrons. The molecule has 1 aromatic carbocycles. The van der Waals surface area contributed by atoms with Gasteiger partial charge in [-0.2, -0.15) is 5.26 Å². The molecule has 1 heterocycles. The van der Waals surface area contributed by atoms with Crippen LogP contribution in [-0.4, -0.2) is 46.6 Å². The van der Waals surface area contributed by atoms with E-state index in [4.69, 9.17) is 11.0 Å².